The predicted molar refractivity (Wildman–Crippen MR) is 80.0 cm³/mol. The van der Waals surface area contributed by atoms with Gasteiger partial charge in [0.2, 0.25) is 0 Å². The Morgan fingerprint density at radius 1 is 1.23 bits per heavy atom. The van der Waals surface area contributed by atoms with Gasteiger partial charge in [0.05, 0.1) is 14.1 Å². The number of rotatable bonds is 4. The van der Waals surface area contributed by atoms with Gasteiger partial charge < -0.3 is 29.9 Å². The molecule has 0 bridgehead atoms. The Hall–Kier alpha value is -0.240. The van der Waals surface area contributed by atoms with Crippen molar-refractivity contribution < 1.29 is 35.4 Å². The van der Waals surface area contributed by atoms with E-state index in [2.05, 4.69) is 0 Å². The van der Waals surface area contributed by atoms with Crippen molar-refractivity contribution in [1.29, 1.82) is 0 Å². The standard InChI is InChI=1S/C16H30O6/c1-8(2)10-5-4-9(3)6-11(10)21-16-15(20)14(19)13(18)12(7-17)22-16/h8-20H,4-7H2,1-3H3/t9?,10?,11?,12-,13-,14+,15-,16-/m1/s1/i6D2,10D,11D. The Balaban J connectivity index is 2.41. The average molecular weight is 322 g/mol. The largest absolute Gasteiger partial charge is 0.394 e. The molecule has 1 saturated heterocycles. The molecule has 6 heteroatoms. The minimum atomic E-state index is -2.39. The number of ether oxygens (including phenoxy) is 2. The predicted octanol–water partition coefficient (Wildman–Crippen LogP) is 0.264. The van der Waals surface area contributed by atoms with Crippen LogP contribution in [-0.2, 0) is 9.47 Å². The Morgan fingerprint density at radius 2 is 1.91 bits per heavy atom. The molecule has 2 rings (SSSR count). The summed E-state index contributed by atoms with van der Waals surface area (Å²) in [5.74, 6) is -2.61. The zero-order chi connectivity index (χ0) is 20.1. The smallest absolute Gasteiger partial charge is 0.186 e. The van der Waals surface area contributed by atoms with E-state index in [0.29, 0.717) is 6.42 Å². The van der Waals surface area contributed by atoms with E-state index in [4.69, 9.17) is 15.0 Å². The van der Waals surface area contributed by atoms with Gasteiger partial charge in [0, 0.05) is 4.11 Å². The molecule has 1 aliphatic heterocycles. The monoisotopic (exact) mass is 322 g/mol. The lowest BCUT2D eigenvalue weighted by atomic mass is 9.75. The van der Waals surface area contributed by atoms with E-state index in [1.165, 1.54) is 0 Å². The Kier molecular flexibility index (Phi) is 4.50. The second kappa shape index (κ2) is 7.55. The van der Waals surface area contributed by atoms with Gasteiger partial charge in [-0.2, -0.15) is 0 Å². The molecule has 0 aromatic heterocycles. The first kappa shape index (κ1) is 13.1. The fourth-order valence-corrected chi connectivity index (χ4v) is 2.82. The van der Waals surface area contributed by atoms with Gasteiger partial charge in [-0.05, 0) is 30.5 Å². The molecule has 6 nitrogen and oxygen atoms in total. The first-order chi connectivity index (χ1) is 11.8. The summed E-state index contributed by atoms with van der Waals surface area (Å²) in [6.07, 6.45) is -11.9. The summed E-state index contributed by atoms with van der Waals surface area (Å²) in [6.45, 7) is 4.40. The third kappa shape index (κ3) is 3.80. The fourth-order valence-electron chi connectivity index (χ4n) is 2.82. The zero-order valence-corrected chi connectivity index (χ0v) is 13.3. The quantitative estimate of drug-likeness (QED) is 0.593. The molecule has 1 aliphatic carbocycles. The van der Waals surface area contributed by atoms with E-state index in [-0.39, 0.29) is 6.42 Å². The lowest BCUT2D eigenvalue weighted by Crippen LogP contribution is -2.60. The summed E-state index contributed by atoms with van der Waals surface area (Å²) in [5.41, 5.74) is 0. The molecule has 8 atom stereocenters. The molecule has 0 aromatic carbocycles. The van der Waals surface area contributed by atoms with Crippen LogP contribution in [0.1, 0.15) is 45.5 Å². The van der Waals surface area contributed by atoms with Gasteiger partial charge in [-0.15, -0.1) is 0 Å². The van der Waals surface area contributed by atoms with Crippen LogP contribution < -0.4 is 0 Å². The SMILES string of the molecule is [2H]C1([2H])C(C)CCC([2H])(C(C)C)C1([2H])O[C@@H]1O[C@H](CO)[C@@H](O)[C@H](O)[C@H]1O. The van der Waals surface area contributed by atoms with Crippen LogP contribution in [0.15, 0.2) is 0 Å². The van der Waals surface area contributed by atoms with Crippen molar-refractivity contribution >= 4 is 0 Å². The number of aliphatic hydroxyl groups is 4. The van der Waals surface area contributed by atoms with Crippen molar-refractivity contribution in [2.75, 3.05) is 6.61 Å². The van der Waals surface area contributed by atoms with Crippen LogP contribution in [0, 0.1) is 17.7 Å². The van der Waals surface area contributed by atoms with Crippen molar-refractivity contribution in [3.8, 4) is 0 Å². The van der Waals surface area contributed by atoms with Gasteiger partial charge in [0.1, 0.15) is 24.4 Å². The molecule has 1 heterocycles. The summed E-state index contributed by atoms with van der Waals surface area (Å²) < 4.78 is 45.4. The summed E-state index contributed by atoms with van der Waals surface area (Å²) in [5, 5.41) is 39.3. The Labute approximate surface area is 137 Å². The number of hydrogen-bond acceptors (Lipinski definition) is 6. The van der Waals surface area contributed by atoms with Crippen LogP contribution in [0.5, 0.6) is 0 Å². The molecule has 0 spiro atoms. The highest BCUT2D eigenvalue weighted by Crippen LogP contribution is 2.37. The second-order valence-corrected chi connectivity index (χ2v) is 6.41. The minimum Gasteiger partial charge on any atom is -0.394 e. The highest BCUT2D eigenvalue weighted by molar-refractivity contribution is 4.90. The molecule has 22 heavy (non-hydrogen) atoms. The van der Waals surface area contributed by atoms with Gasteiger partial charge in [0.25, 0.3) is 0 Å². The van der Waals surface area contributed by atoms with E-state index in [9.17, 15) is 20.4 Å². The van der Waals surface area contributed by atoms with Crippen molar-refractivity contribution in [3.05, 3.63) is 0 Å². The lowest BCUT2D eigenvalue weighted by molar-refractivity contribution is -0.318. The van der Waals surface area contributed by atoms with E-state index >= 15 is 0 Å². The summed E-state index contributed by atoms with van der Waals surface area (Å²) in [4.78, 5) is 0. The van der Waals surface area contributed by atoms with Crippen molar-refractivity contribution in [3.63, 3.8) is 0 Å². The zero-order valence-electron chi connectivity index (χ0n) is 17.3. The first-order valence-corrected chi connectivity index (χ1v) is 7.81. The van der Waals surface area contributed by atoms with Gasteiger partial charge in [-0.25, -0.2) is 0 Å². The molecule has 4 N–H and O–H groups in total. The van der Waals surface area contributed by atoms with Crippen LogP contribution in [0.2, 0.25) is 0 Å². The Morgan fingerprint density at radius 3 is 2.50 bits per heavy atom. The highest BCUT2D eigenvalue weighted by atomic mass is 16.7. The molecule has 1 saturated carbocycles. The Bertz CT molecular complexity index is 507. The molecule has 2 aliphatic rings. The molecule has 0 radical (unpaired) electrons. The van der Waals surface area contributed by atoms with Gasteiger partial charge in [0.15, 0.2) is 6.29 Å². The molecule has 0 amide bonds. The molecule has 0 aromatic rings. The first-order valence-electron chi connectivity index (χ1n) is 9.81. The molecular weight excluding hydrogens is 288 g/mol. The molecule has 3 unspecified atom stereocenters. The van der Waals surface area contributed by atoms with Crippen molar-refractivity contribution in [1.82, 2.24) is 0 Å². The summed E-state index contributed by atoms with van der Waals surface area (Å²) in [6, 6.07) is 0. The number of aliphatic hydroxyl groups excluding tert-OH is 4. The van der Waals surface area contributed by atoms with Crippen LogP contribution >= 0.6 is 0 Å². The van der Waals surface area contributed by atoms with Crippen LogP contribution in [0.3, 0.4) is 0 Å². The van der Waals surface area contributed by atoms with E-state index in [0.717, 1.165) is 0 Å². The highest BCUT2D eigenvalue weighted by Gasteiger charge is 2.46. The fraction of sp³-hybridized carbons (Fsp3) is 1.00. The normalized spacial score (nSPS) is 58.5. The summed E-state index contributed by atoms with van der Waals surface area (Å²) in [7, 11) is 0. The van der Waals surface area contributed by atoms with E-state index < -0.39 is 67.5 Å². The lowest BCUT2D eigenvalue weighted by Gasteiger charge is -2.44. The number of hydrogen-bond donors (Lipinski definition) is 4. The van der Waals surface area contributed by atoms with Crippen molar-refractivity contribution in [2.45, 2.75) is 76.8 Å². The van der Waals surface area contributed by atoms with Crippen LogP contribution in [0.25, 0.3) is 0 Å². The van der Waals surface area contributed by atoms with Gasteiger partial charge in [-0.3, -0.25) is 0 Å². The van der Waals surface area contributed by atoms with E-state index in [1.54, 1.807) is 20.8 Å². The van der Waals surface area contributed by atoms with Crippen molar-refractivity contribution in [2.24, 2.45) is 17.7 Å². The maximum Gasteiger partial charge on any atom is 0.186 e. The average Bonchev–Trinajstić information content (AvgIpc) is 2.57. The van der Waals surface area contributed by atoms with Crippen LogP contribution in [-0.4, -0.2) is 63.8 Å². The topological polar surface area (TPSA) is 99.4 Å². The third-order valence-corrected chi connectivity index (χ3v) is 4.30. The summed E-state index contributed by atoms with van der Waals surface area (Å²) >= 11 is 0. The molecular formula is C16H30O6. The molecule has 130 valence electrons. The maximum atomic E-state index is 10.2. The van der Waals surface area contributed by atoms with E-state index in [1.807, 2.05) is 0 Å². The maximum absolute atomic E-state index is 10.2. The third-order valence-electron chi connectivity index (χ3n) is 4.30. The van der Waals surface area contributed by atoms with Gasteiger partial charge in [-0.1, -0.05) is 27.2 Å². The molecule has 2 fully saturated rings. The van der Waals surface area contributed by atoms with Gasteiger partial charge >= 0.3 is 0 Å². The van der Waals surface area contributed by atoms with Crippen LogP contribution in [0.4, 0.5) is 0 Å². The second-order valence-electron chi connectivity index (χ2n) is 6.41. The minimum absolute atomic E-state index is 0.228.